The lowest BCUT2D eigenvalue weighted by Gasteiger charge is -2.25. The predicted octanol–water partition coefficient (Wildman–Crippen LogP) is 15.9. The molecule has 11 aromatic rings. The van der Waals surface area contributed by atoms with Crippen LogP contribution in [0.4, 0.5) is 0 Å². The van der Waals surface area contributed by atoms with Crippen molar-refractivity contribution in [2.24, 2.45) is 0 Å². The Labute approximate surface area is 358 Å². The number of allylic oxidation sites excluding steroid dienone is 1. The molecule has 2 heteroatoms. The van der Waals surface area contributed by atoms with Crippen LogP contribution in [0.1, 0.15) is 29.0 Å². The first-order chi connectivity index (χ1) is 30.8. The second kappa shape index (κ2) is 11.9. The standard InChI is InChI=1S/C60H36N2/c1-3-17-37-35(15-1)39-25-13-27-47-53(33-31-43(37)55(39)47)61-51-29-11-9-23-49(51)57-42-20-6-8-22-46(42)60-58(41-19-5-7-21-45(41)59(57)61)50-24-10-12-30-52(50)62(60)54-34-32-44-38-18-4-2-16-36(38)40-26-14-28-48(54)56(40)44/h1-25,27-34,40H,26H2. The van der Waals surface area contributed by atoms with Gasteiger partial charge in [-0.05, 0) is 91.7 Å². The lowest BCUT2D eigenvalue weighted by molar-refractivity contribution is 0.841. The van der Waals surface area contributed by atoms with E-state index in [0.717, 1.165) is 6.42 Å². The Morgan fingerprint density at radius 2 is 0.839 bits per heavy atom. The van der Waals surface area contributed by atoms with Crippen molar-refractivity contribution in [2.45, 2.75) is 12.3 Å². The minimum absolute atomic E-state index is 0.367. The van der Waals surface area contributed by atoms with Gasteiger partial charge in [0.15, 0.2) is 0 Å². The number of rotatable bonds is 2. The van der Waals surface area contributed by atoms with E-state index in [-0.39, 0.29) is 0 Å². The van der Waals surface area contributed by atoms with Gasteiger partial charge >= 0.3 is 0 Å². The number of aromatic nitrogens is 2. The summed E-state index contributed by atoms with van der Waals surface area (Å²) >= 11 is 0. The van der Waals surface area contributed by atoms with Crippen molar-refractivity contribution < 1.29 is 0 Å². The van der Waals surface area contributed by atoms with Crippen LogP contribution in [0.25, 0.3) is 128 Å². The molecule has 0 radical (unpaired) electrons. The van der Waals surface area contributed by atoms with Gasteiger partial charge in [-0.1, -0.05) is 176 Å². The maximum atomic E-state index is 2.61. The molecule has 0 saturated carbocycles. The van der Waals surface area contributed by atoms with Crippen molar-refractivity contribution in [3.63, 3.8) is 0 Å². The second-order valence-electron chi connectivity index (χ2n) is 17.4. The van der Waals surface area contributed by atoms with E-state index in [1.165, 1.54) is 139 Å². The van der Waals surface area contributed by atoms with Crippen LogP contribution in [0, 0.1) is 0 Å². The minimum Gasteiger partial charge on any atom is -0.308 e. The van der Waals surface area contributed by atoms with E-state index < -0.39 is 0 Å². The molecular formula is C60H36N2. The highest BCUT2D eigenvalue weighted by molar-refractivity contribution is 6.20. The molecule has 2 heterocycles. The third-order valence-corrected chi connectivity index (χ3v) is 14.6. The van der Waals surface area contributed by atoms with E-state index in [4.69, 9.17) is 0 Å². The van der Waals surface area contributed by atoms with Gasteiger partial charge in [-0.25, -0.2) is 0 Å². The molecule has 0 aliphatic heterocycles. The van der Waals surface area contributed by atoms with Gasteiger partial charge in [-0.15, -0.1) is 0 Å². The Bertz CT molecular complexity index is 3810. The van der Waals surface area contributed by atoms with E-state index in [9.17, 15) is 0 Å². The number of hydrogen-bond acceptors (Lipinski definition) is 0. The fourth-order valence-corrected chi connectivity index (χ4v) is 12.2. The summed E-state index contributed by atoms with van der Waals surface area (Å²) in [6.45, 7) is 0. The van der Waals surface area contributed by atoms with Gasteiger partial charge in [0.05, 0.1) is 33.8 Å². The number of nitrogens with zero attached hydrogens (tertiary/aromatic N) is 2. The van der Waals surface area contributed by atoms with E-state index >= 15 is 0 Å². The Morgan fingerprint density at radius 1 is 0.355 bits per heavy atom. The molecule has 0 saturated heterocycles. The lowest BCUT2D eigenvalue weighted by Crippen LogP contribution is -2.08. The summed E-state index contributed by atoms with van der Waals surface area (Å²) in [6.07, 6.45) is 5.84. The van der Waals surface area contributed by atoms with Gasteiger partial charge in [-0.3, -0.25) is 0 Å². The van der Waals surface area contributed by atoms with Crippen molar-refractivity contribution in [2.75, 3.05) is 0 Å². The molecule has 0 fully saturated rings. The molecule has 0 amide bonds. The average molecular weight is 785 g/mol. The van der Waals surface area contributed by atoms with Crippen molar-refractivity contribution in [1.29, 1.82) is 0 Å². The first-order valence-corrected chi connectivity index (χ1v) is 21.9. The van der Waals surface area contributed by atoms with Gasteiger partial charge in [-0.2, -0.15) is 0 Å². The Kier molecular flexibility index (Phi) is 6.29. The van der Waals surface area contributed by atoms with E-state index in [1.807, 2.05) is 0 Å². The highest BCUT2D eigenvalue weighted by Gasteiger charge is 2.36. The average Bonchev–Trinajstić information content (AvgIpc) is 4.06. The molecule has 0 bridgehead atoms. The van der Waals surface area contributed by atoms with Crippen molar-refractivity contribution in [3.8, 4) is 89.5 Å². The fraction of sp³-hybridized carbons (Fsp3) is 0.0333. The molecule has 286 valence electrons. The molecule has 1 unspecified atom stereocenters. The van der Waals surface area contributed by atoms with Crippen LogP contribution in [0.2, 0.25) is 0 Å². The van der Waals surface area contributed by atoms with Gasteiger partial charge < -0.3 is 9.13 Å². The van der Waals surface area contributed by atoms with Crippen LogP contribution >= 0.6 is 0 Å². The molecule has 62 heavy (non-hydrogen) atoms. The van der Waals surface area contributed by atoms with Gasteiger partial charge in [0.2, 0.25) is 0 Å². The zero-order valence-electron chi connectivity index (χ0n) is 33.7. The maximum absolute atomic E-state index is 2.61. The van der Waals surface area contributed by atoms with Crippen molar-refractivity contribution in [3.05, 3.63) is 211 Å². The zero-order valence-corrected chi connectivity index (χ0v) is 33.7. The highest BCUT2D eigenvalue weighted by atomic mass is 15.0. The number of para-hydroxylation sites is 2. The van der Waals surface area contributed by atoms with Crippen LogP contribution in [-0.2, 0) is 0 Å². The minimum atomic E-state index is 0.367. The van der Waals surface area contributed by atoms with Crippen LogP contribution in [0.3, 0.4) is 0 Å². The summed E-state index contributed by atoms with van der Waals surface area (Å²) in [6, 6.07) is 70.9. The molecule has 0 N–H and O–H groups in total. The molecule has 4 aliphatic rings. The molecule has 9 aromatic carbocycles. The van der Waals surface area contributed by atoms with Gasteiger partial charge in [0, 0.05) is 49.9 Å². The zero-order chi connectivity index (χ0) is 40.2. The molecule has 1 atom stereocenters. The van der Waals surface area contributed by atoms with Crippen LogP contribution in [0.5, 0.6) is 0 Å². The molecule has 4 aliphatic carbocycles. The quantitative estimate of drug-likeness (QED) is 0.165. The summed E-state index contributed by atoms with van der Waals surface area (Å²) < 4.78 is 5.19. The summed E-state index contributed by atoms with van der Waals surface area (Å²) in [5.41, 5.74) is 27.1. The summed E-state index contributed by atoms with van der Waals surface area (Å²) in [5, 5.41) is 5.11. The Balaban J connectivity index is 1.08. The first kappa shape index (κ1) is 32.9. The maximum Gasteiger partial charge on any atom is 0.0626 e. The fourth-order valence-electron chi connectivity index (χ4n) is 12.2. The highest BCUT2D eigenvalue weighted by Crippen LogP contribution is 2.58. The van der Waals surface area contributed by atoms with Gasteiger partial charge in [0.1, 0.15) is 0 Å². The Morgan fingerprint density at radius 3 is 1.52 bits per heavy atom. The summed E-state index contributed by atoms with van der Waals surface area (Å²) in [7, 11) is 0. The van der Waals surface area contributed by atoms with Gasteiger partial charge in [0.25, 0.3) is 0 Å². The first-order valence-electron chi connectivity index (χ1n) is 21.9. The second-order valence-corrected chi connectivity index (χ2v) is 17.4. The largest absolute Gasteiger partial charge is 0.308 e. The van der Waals surface area contributed by atoms with Crippen LogP contribution in [0.15, 0.2) is 194 Å². The number of benzene rings is 9. The summed E-state index contributed by atoms with van der Waals surface area (Å²) in [5.74, 6) is 0.367. The molecule has 15 rings (SSSR count). The van der Waals surface area contributed by atoms with E-state index in [0.29, 0.717) is 5.92 Å². The Hall–Kier alpha value is -7.94. The number of hydrogen-bond donors (Lipinski definition) is 0. The number of fused-ring (bicyclic) bond motifs is 18. The van der Waals surface area contributed by atoms with Crippen molar-refractivity contribution >= 4 is 38.7 Å². The smallest absolute Gasteiger partial charge is 0.0626 e. The predicted molar refractivity (Wildman–Crippen MR) is 258 cm³/mol. The molecule has 0 spiro atoms. The lowest BCUT2D eigenvalue weighted by atomic mass is 9.84. The SMILES string of the molecule is C1=Cc2c(-n3c4c(c5ccccc53)-c3ccccc3-c3c(c5ccccc5n3-c3ccc5c6c(cccc36)-c3ccccc3-5)-c3ccccc3-4)ccc3c2C(C1)c1ccccc1-3. The van der Waals surface area contributed by atoms with E-state index in [2.05, 4.69) is 209 Å². The normalized spacial score (nSPS) is 14.5. The van der Waals surface area contributed by atoms with Crippen LogP contribution in [-0.4, -0.2) is 9.13 Å². The van der Waals surface area contributed by atoms with Crippen molar-refractivity contribution in [1.82, 2.24) is 9.13 Å². The third kappa shape index (κ3) is 4.01. The molecule has 2 nitrogen and oxygen atoms in total. The molecule has 2 aromatic heterocycles. The third-order valence-electron chi connectivity index (χ3n) is 14.6. The van der Waals surface area contributed by atoms with E-state index in [1.54, 1.807) is 0 Å². The topological polar surface area (TPSA) is 9.86 Å². The van der Waals surface area contributed by atoms with Crippen LogP contribution < -0.4 is 0 Å². The monoisotopic (exact) mass is 784 g/mol. The molecular weight excluding hydrogens is 749 g/mol. The summed E-state index contributed by atoms with van der Waals surface area (Å²) in [4.78, 5) is 0.